The van der Waals surface area contributed by atoms with E-state index in [1.807, 2.05) is 13.8 Å². The molecule has 0 amide bonds. The molecule has 9 aromatic rings. The lowest BCUT2D eigenvalue weighted by Crippen LogP contribution is -2.10. The molecule has 0 saturated carbocycles. The molecular formula is C44H33O3PS3. The van der Waals surface area contributed by atoms with Gasteiger partial charge in [0.15, 0.2) is 0 Å². The molecule has 0 aliphatic rings. The van der Waals surface area contributed by atoms with Crippen LogP contribution in [-0.4, -0.2) is 13.2 Å². The zero-order valence-corrected chi connectivity index (χ0v) is 31.4. The second kappa shape index (κ2) is 13.3. The van der Waals surface area contributed by atoms with E-state index in [1.54, 1.807) is 34.0 Å². The van der Waals surface area contributed by atoms with Gasteiger partial charge in [0.1, 0.15) is 0 Å². The summed E-state index contributed by atoms with van der Waals surface area (Å²) in [5, 5.41) is 10.4. The predicted molar refractivity (Wildman–Crippen MR) is 222 cm³/mol. The summed E-state index contributed by atoms with van der Waals surface area (Å²) in [4.78, 5) is 6.52. The summed E-state index contributed by atoms with van der Waals surface area (Å²) in [5.74, 6) is 0. The summed E-state index contributed by atoms with van der Waals surface area (Å²) in [5.41, 5.74) is 2.47. The van der Waals surface area contributed by atoms with Crippen molar-refractivity contribution in [3.05, 3.63) is 140 Å². The van der Waals surface area contributed by atoms with Gasteiger partial charge in [-0.05, 0) is 99.4 Å². The van der Waals surface area contributed by atoms with Crippen LogP contribution >= 0.6 is 41.6 Å². The van der Waals surface area contributed by atoms with Gasteiger partial charge in [-0.2, -0.15) is 0 Å². The average Bonchev–Trinajstić information content (AvgIpc) is 3.94. The van der Waals surface area contributed by atoms with Gasteiger partial charge in [0.2, 0.25) is 0 Å². The molecule has 3 heterocycles. The molecule has 7 heteroatoms. The maximum absolute atomic E-state index is 14.6. The zero-order valence-electron chi connectivity index (χ0n) is 28.1. The molecule has 0 aliphatic heterocycles. The predicted octanol–water partition coefficient (Wildman–Crippen LogP) is 14.0. The van der Waals surface area contributed by atoms with Crippen LogP contribution in [-0.2, 0) is 13.6 Å². The van der Waals surface area contributed by atoms with E-state index in [-0.39, 0.29) is 13.2 Å². The lowest BCUT2D eigenvalue weighted by Gasteiger charge is -2.17. The highest BCUT2D eigenvalue weighted by atomic mass is 32.1. The van der Waals surface area contributed by atoms with Crippen molar-refractivity contribution in [2.45, 2.75) is 13.8 Å². The molecule has 3 aromatic heterocycles. The van der Waals surface area contributed by atoms with Crippen LogP contribution in [0, 0.1) is 0 Å². The highest BCUT2D eigenvalue weighted by molar-refractivity contribution is 7.63. The summed E-state index contributed by atoms with van der Waals surface area (Å²) >= 11 is 5.17. The number of benzene rings is 6. The highest BCUT2D eigenvalue weighted by Crippen LogP contribution is 2.55. The zero-order chi connectivity index (χ0) is 34.5. The number of fused-ring (bicyclic) bond motifs is 4. The molecule has 0 fully saturated rings. The molecular weight excluding hydrogens is 704 g/mol. The maximum Gasteiger partial charge on any atom is 0.362 e. The molecule has 0 atom stereocenters. The van der Waals surface area contributed by atoms with Gasteiger partial charge in [0, 0.05) is 35.5 Å². The van der Waals surface area contributed by atoms with Gasteiger partial charge >= 0.3 is 7.60 Å². The lowest BCUT2D eigenvalue weighted by molar-refractivity contribution is 0.230. The van der Waals surface area contributed by atoms with E-state index in [2.05, 4.69) is 140 Å². The van der Waals surface area contributed by atoms with E-state index >= 15 is 0 Å². The molecule has 51 heavy (non-hydrogen) atoms. The van der Waals surface area contributed by atoms with Gasteiger partial charge in [-0.25, -0.2) is 0 Å². The van der Waals surface area contributed by atoms with Crippen LogP contribution in [0.3, 0.4) is 0 Å². The van der Waals surface area contributed by atoms with Gasteiger partial charge in [0.05, 0.1) is 23.4 Å². The minimum absolute atomic E-state index is 0.289. The van der Waals surface area contributed by atoms with E-state index in [4.69, 9.17) is 9.05 Å². The monoisotopic (exact) mass is 736 g/mol. The summed E-state index contributed by atoms with van der Waals surface area (Å²) in [6, 6.07) is 49.8. The van der Waals surface area contributed by atoms with Crippen molar-refractivity contribution < 1.29 is 13.6 Å². The van der Waals surface area contributed by atoms with E-state index < -0.39 is 7.60 Å². The normalized spacial score (nSPS) is 12.1. The summed E-state index contributed by atoms with van der Waals surface area (Å²) < 4.78 is 26.6. The first-order chi connectivity index (χ1) is 25.0. The smallest absolute Gasteiger partial charge is 0.305 e. The molecule has 0 N–H and O–H groups in total. The fourth-order valence-corrected chi connectivity index (χ4v) is 12.9. The van der Waals surface area contributed by atoms with E-state index in [0.717, 1.165) is 19.5 Å². The van der Waals surface area contributed by atoms with Crippen molar-refractivity contribution >= 4 is 90.0 Å². The van der Waals surface area contributed by atoms with Crippen LogP contribution in [0.5, 0.6) is 0 Å². The van der Waals surface area contributed by atoms with Crippen LogP contribution < -0.4 is 5.30 Å². The highest BCUT2D eigenvalue weighted by Gasteiger charge is 2.33. The van der Waals surface area contributed by atoms with Crippen LogP contribution in [0.15, 0.2) is 140 Å². The fraction of sp³-hybridized carbons (Fsp3) is 0.0909. The summed E-state index contributed by atoms with van der Waals surface area (Å²) in [7, 11) is -3.61. The second-order valence-corrected chi connectivity index (χ2v) is 17.6. The standard InChI is InChI=1S/C44H33O3PS3/c1-3-46-48(45,47-4-2)36-27-41(37-21-22-38(49-37)42-32-17-9-5-13-28(32)25-29-14-6-10-18-33(29)42)51-44(36)40-24-23-39(50-40)43-34-19-11-7-15-30(34)26-31-16-8-12-20-35(31)43/h5-27H,3-4H2,1-2H3. The maximum atomic E-state index is 14.6. The lowest BCUT2D eigenvalue weighted by atomic mass is 9.96. The summed E-state index contributed by atoms with van der Waals surface area (Å²) in [6.07, 6.45) is 0. The van der Waals surface area contributed by atoms with Gasteiger partial charge in [0.25, 0.3) is 0 Å². The van der Waals surface area contributed by atoms with E-state index in [0.29, 0.717) is 5.30 Å². The molecule has 9 rings (SSSR count). The van der Waals surface area contributed by atoms with Crippen LogP contribution in [0.4, 0.5) is 0 Å². The number of rotatable bonds is 9. The van der Waals surface area contributed by atoms with Crippen LogP contribution in [0.1, 0.15) is 13.8 Å². The number of hydrogen-bond acceptors (Lipinski definition) is 6. The molecule has 0 bridgehead atoms. The van der Waals surface area contributed by atoms with Gasteiger partial charge in [-0.3, -0.25) is 4.57 Å². The Hall–Kier alpha value is -4.39. The molecule has 0 radical (unpaired) electrons. The van der Waals surface area contributed by atoms with Crippen molar-refractivity contribution in [3.8, 4) is 40.4 Å². The Morgan fingerprint density at radius 3 is 1.29 bits per heavy atom. The molecule has 3 nitrogen and oxygen atoms in total. The average molecular weight is 737 g/mol. The van der Waals surface area contributed by atoms with E-state index in [9.17, 15) is 4.57 Å². The van der Waals surface area contributed by atoms with Crippen molar-refractivity contribution in [2.24, 2.45) is 0 Å². The van der Waals surface area contributed by atoms with E-state index in [1.165, 1.54) is 64.0 Å². The first-order valence-electron chi connectivity index (χ1n) is 17.1. The van der Waals surface area contributed by atoms with Crippen molar-refractivity contribution in [1.82, 2.24) is 0 Å². The second-order valence-electron chi connectivity index (χ2n) is 12.4. The molecule has 0 unspecified atom stereocenters. The Kier molecular flexibility index (Phi) is 8.48. The minimum atomic E-state index is -3.61. The Morgan fingerprint density at radius 1 is 0.451 bits per heavy atom. The first-order valence-corrected chi connectivity index (χ1v) is 21.1. The van der Waals surface area contributed by atoms with Crippen molar-refractivity contribution in [3.63, 3.8) is 0 Å². The Balaban J connectivity index is 1.21. The van der Waals surface area contributed by atoms with Crippen molar-refractivity contribution in [2.75, 3.05) is 13.2 Å². The SMILES string of the molecule is CCOP(=O)(OCC)c1cc(-c2ccc(-c3c4ccccc4cc4ccccc34)s2)sc1-c1ccc(-c2c3ccccc3cc3ccccc23)s1. The quantitative estimate of drug-likeness (QED) is 0.109. The molecule has 0 saturated heterocycles. The number of hydrogen-bond donors (Lipinski definition) is 0. The largest absolute Gasteiger partial charge is 0.362 e. The third-order valence-electron chi connectivity index (χ3n) is 9.32. The minimum Gasteiger partial charge on any atom is -0.305 e. The van der Waals surface area contributed by atoms with Crippen molar-refractivity contribution in [1.29, 1.82) is 0 Å². The Labute approximate surface area is 308 Å². The fourth-order valence-electron chi connectivity index (χ4n) is 7.16. The molecule has 250 valence electrons. The molecule has 6 aromatic carbocycles. The third kappa shape index (κ3) is 5.68. The van der Waals surface area contributed by atoms with Gasteiger partial charge in [-0.1, -0.05) is 97.1 Å². The Morgan fingerprint density at radius 2 is 0.843 bits per heavy atom. The van der Waals surface area contributed by atoms with Crippen LogP contribution in [0.25, 0.3) is 83.5 Å². The topological polar surface area (TPSA) is 35.5 Å². The first kappa shape index (κ1) is 32.5. The number of thiophene rings is 3. The van der Waals surface area contributed by atoms with Gasteiger partial charge in [-0.15, -0.1) is 34.0 Å². The summed E-state index contributed by atoms with van der Waals surface area (Å²) in [6.45, 7) is 4.31. The Bertz CT molecular complexity index is 2670. The molecule has 0 aliphatic carbocycles. The third-order valence-corrected chi connectivity index (χ3v) is 15.3. The van der Waals surface area contributed by atoms with Gasteiger partial charge < -0.3 is 9.05 Å². The van der Waals surface area contributed by atoms with Crippen LogP contribution in [0.2, 0.25) is 0 Å². The molecule has 0 spiro atoms.